The van der Waals surface area contributed by atoms with Gasteiger partial charge in [-0.2, -0.15) is 0 Å². The summed E-state index contributed by atoms with van der Waals surface area (Å²) >= 11 is 5.78. The molecular formula is C11H14ClN3. The van der Waals surface area contributed by atoms with Crippen molar-refractivity contribution in [1.82, 2.24) is 9.97 Å². The molecule has 2 fully saturated rings. The summed E-state index contributed by atoms with van der Waals surface area (Å²) < 4.78 is 0. The number of anilines is 1. The largest absolute Gasteiger partial charge is 0.356 e. The van der Waals surface area contributed by atoms with Crippen molar-refractivity contribution in [1.29, 1.82) is 0 Å². The van der Waals surface area contributed by atoms with Crippen LogP contribution in [0.25, 0.3) is 0 Å². The molecule has 1 aromatic rings. The van der Waals surface area contributed by atoms with Gasteiger partial charge in [-0.25, -0.2) is 9.97 Å². The van der Waals surface area contributed by atoms with E-state index >= 15 is 0 Å². The lowest BCUT2D eigenvalue weighted by molar-refractivity contribution is 0.498. The molecule has 1 aromatic heterocycles. The summed E-state index contributed by atoms with van der Waals surface area (Å²) in [6.07, 6.45) is 1.72. The van der Waals surface area contributed by atoms with Crippen molar-refractivity contribution in [3.05, 3.63) is 17.5 Å². The van der Waals surface area contributed by atoms with Crippen LogP contribution < -0.4 is 4.90 Å². The molecule has 0 amide bonds. The van der Waals surface area contributed by atoms with Crippen LogP contribution in [0.3, 0.4) is 0 Å². The molecule has 4 heteroatoms. The van der Waals surface area contributed by atoms with Gasteiger partial charge in [0, 0.05) is 19.3 Å². The Morgan fingerprint density at radius 3 is 2.67 bits per heavy atom. The maximum atomic E-state index is 5.78. The summed E-state index contributed by atoms with van der Waals surface area (Å²) in [5.41, 5.74) is 0.549. The molecule has 0 spiro atoms. The first-order valence-corrected chi connectivity index (χ1v) is 5.70. The molecular weight excluding hydrogens is 210 g/mol. The molecule has 0 radical (unpaired) electrons. The molecule has 3 nitrogen and oxygen atoms in total. The third-order valence-electron chi connectivity index (χ3n) is 4.06. The third kappa shape index (κ3) is 1.33. The molecule has 2 heterocycles. The molecule has 2 atom stereocenters. The number of aromatic nitrogens is 2. The van der Waals surface area contributed by atoms with Crippen LogP contribution in [0.5, 0.6) is 0 Å². The maximum Gasteiger partial charge on any atom is 0.224 e. The summed E-state index contributed by atoms with van der Waals surface area (Å²) in [6.45, 7) is 6.94. The SMILES string of the molecule is CC1(C)C2CN(c3ccnc(Cl)n3)CC21. The van der Waals surface area contributed by atoms with E-state index in [0.717, 1.165) is 30.7 Å². The van der Waals surface area contributed by atoms with Crippen molar-refractivity contribution in [2.45, 2.75) is 13.8 Å². The smallest absolute Gasteiger partial charge is 0.224 e. The van der Waals surface area contributed by atoms with Gasteiger partial charge in [-0.05, 0) is 34.9 Å². The number of rotatable bonds is 1. The molecule has 1 aliphatic carbocycles. The van der Waals surface area contributed by atoms with E-state index in [-0.39, 0.29) is 0 Å². The van der Waals surface area contributed by atoms with Crippen molar-refractivity contribution >= 4 is 17.4 Å². The van der Waals surface area contributed by atoms with Crippen LogP contribution in [-0.4, -0.2) is 23.1 Å². The first kappa shape index (κ1) is 9.40. The van der Waals surface area contributed by atoms with Crippen LogP contribution in [0.1, 0.15) is 13.8 Å². The second-order valence-electron chi connectivity index (χ2n) is 5.12. The number of fused-ring (bicyclic) bond motifs is 1. The predicted molar refractivity (Wildman–Crippen MR) is 60.0 cm³/mol. The van der Waals surface area contributed by atoms with E-state index in [1.54, 1.807) is 6.20 Å². The molecule has 2 unspecified atom stereocenters. The van der Waals surface area contributed by atoms with Gasteiger partial charge in [-0.15, -0.1) is 0 Å². The van der Waals surface area contributed by atoms with E-state index in [4.69, 9.17) is 11.6 Å². The van der Waals surface area contributed by atoms with E-state index < -0.39 is 0 Å². The predicted octanol–water partition coefficient (Wildman–Crippen LogP) is 2.22. The van der Waals surface area contributed by atoms with Gasteiger partial charge in [-0.3, -0.25) is 0 Å². The lowest BCUT2D eigenvalue weighted by Crippen LogP contribution is -2.26. The van der Waals surface area contributed by atoms with Gasteiger partial charge in [0.15, 0.2) is 0 Å². The normalized spacial score (nSPS) is 31.5. The molecule has 0 aromatic carbocycles. The van der Waals surface area contributed by atoms with Gasteiger partial charge in [-0.1, -0.05) is 13.8 Å². The molecule has 0 N–H and O–H groups in total. The monoisotopic (exact) mass is 223 g/mol. The van der Waals surface area contributed by atoms with E-state index in [0.29, 0.717) is 10.7 Å². The Labute approximate surface area is 94.5 Å². The van der Waals surface area contributed by atoms with Gasteiger partial charge in [0.2, 0.25) is 5.28 Å². The van der Waals surface area contributed by atoms with E-state index in [9.17, 15) is 0 Å². The summed E-state index contributed by atoms with van der Waals surface area (Å²) in [7, 11) is 0. The van der Waals surface area contributed by atoms with Gasteiger partial charge >= 0.3 is 0 Å². The minimum atomic E-state index is 0.340. The zero-order chi connectivity index (χ0) is 10.6. The maximum absolute atomic E-state index is 5.78. The number of nitrogens with zero attached hydrogens (tertiary/aromatic N) is 3. The highest BCUT2D eigenvalue weighted by molar-refractivity contribution is 6.28. The lowest BCUT2D eigenvalue weighted by atomic mass is 10.1. The summed E-state index contributed by atoms with van der Waals surface area (Å²) in [5.74, 6) is 2.65. The second-order valence-corrected chi connectivity index (χ2v) is 5.46. The van der Waals surface area contributed by atoms with E-state index in [1.165, 1.54) is 0 Å². The Hall–Kier alpha value is -0.830. The van der Waals surface area contributed by atoms with Crippen molar-refractivity contribution in [3.63, 3.8) is 0 Å². The minimum Gasteiger partial charge on any atom is -0.356 e. The minimum absolute atomic E-state index is 0.340. The molecule has 15 heavy (non-hydrogen) atoms. The topological polar surface area (TPSA) is 29.0 Å². The first-order valence-electron chi connectivity index (χ1n) is 5.32. The van der Waals surface area contributed by atoms with Crippen molar-refractivity contribution in [2.75, 3.05) is 18.0 Å². The first-order chi connectivity index (χ1) is 7.09. The standard InChI is InChI=1S/C11H14ClN3/c1-11(2)7-5-15(6-8(7)11)9-3-4-13-10(12)14-9/h3-4,7-8H,5-6H2,1-2H3. The highest BCUT2D eigenvalue weighted by Crippen LogP contribution is 2.62. The van der Waals surface area contributed by atoms with E-state index in [2.05, 4.69) is 28.7 Å². The number of halogens is 1. The van der Waals surface area contributed by atoms with Gasteiger partial charge in [0.25, 0.3) is 0 Å². The van der Waals surface area contributed by atoms with Crippen LogP contribution in [0.2, 0.25) is 5.28 Å². The highest BCUT2D eigenvalue weighted by atomic mass is 35.5. The zero-order valence-corrected chi connectivity index (χ0v) is 9.70. The summed E-state index contributed by atoms with van der Waals surface area (Å²) in [6, 6.07) is 1.93. The zero-order valence-electron chi connectivity index (χ0n) is 8.94. The quantitative estimate of drug-likeness (QED) is 0.684. The molecule has 1 aliphatic heterocycles. The molecule has 2 aliphatic rings. The Morgan fingerprint density at radius 1 is 1.40 bits per heavy atom. The number of piperidine rings is 1. The fourth-order valence-electron chi connectivity index (χ4n) is 2.82. The second kappa shape index (κ2) is 2.85. The number of hydrogen-bond donors (Lipinski definition) is 0. The van der Waals surface area contributed by atoms with Crippen LogP contribution in [-0.2, 0) is 0 Å². The van der Waals surface area contributed by atoms with Crippen molar-refractivity contribution < 1.29 is 0 Å². The van der Waals surface area contributed by atoms with E-state index in [1.807, 2.05) is 6.07 Å². The lowest BCUT2D eigenvalue weighted by Gasteiger charge is -2.22. The van der Waals surface area contributed by atoms with Crippen molar-refractivity contribution in [2.24, 2.45) is 17.3 Å². The average molecular weight is 224 g/mol. The summed E-state index contributed by atoms with van der Waals surface area (Å²) in [5, 5.41) is 0.340. The summed E-state index contributed by atoms with van der Waals surface area (Å²) in [4.78, 5) is 10.4. The highest BCUT2D eigenvalue weighted by Gasteiger charge is 2.62. The molecule has 1 saturated carbocycles. The van der Waals surface area contributed by atoms with Crippen molar-refractivity contribution in [3.8, 4) is 0 Å². The van der Waals surface area contributed by atoms with Crippen LogP contribution >= 0.6 is 11.6 Å². The van der Waals surface area contributed by atoms with Crippen LogP contribution in [0, 0.1) is 17.3 Å². The molecule has 0 bridgehead atoms. The van der Waals surface area contributed by atoms with Crippen LogP contribution in [0.15, 0.2) is 12.3 Å². The Kier molecular flexibility index (Phi) is 1.78. The fourth-order valence-corrected chi connectivity index (χ4v) is 2.96. The van der Waals surface area contributed by atoms with Gasteiger partial charge in [0.1, 0.15) is 5.82 Å². The van der Waals surface area contributed by atoms with Crippen LogP contribution in [0.4, 0.5) is 5.82 Å². The third-order valence-corrected chi connectivity index (χ3v) is 4.24. The average Bonchev–Trinajstić information content (AvgIpc) is 2.63. The Balaban J connectivity index is 1.78. The fraction of sp³-hybridized carbons (Fsp3) is 0.636. The molecule has 80 valence electrons. The van der Waals surface area contributed by atoms with Gasteiger partial charge in [0.05, 0.1) is 0 Å². The Bertz CT molecular complexity index is 391. The van der Waals surface area contributed by atoms with Gasteiger partial charge < -0.3 is 4.90 Å². The molecule has 3 rings (SSSR count). The number of hydrogen-bond acceptors (Lipinski definition) is 3. The molecule has 1 saturated heterocycles. The Morgan fingerprint density at radius 2 is 2.07 bits per heavy atom.